The van der Waals surface area contributed by atoms with E-state index in [1.807, 2.05) is 6.07 Å². The predicted octanol–water partition coefficient (Wildman–Crippen LogP) is 5.46. The standard InChI is InChI=1S/C22H36O5Si/c1-13(2)28(14(3)4,15(5)6)27-20-17(16-11-10-12-25-16)18(19(20)23)21(24)26-22(7,8)9/h10-15,17-18,20H,1-9H3/t17-,18?,20-/m1/s1. The highest BCUT2D eigenvalue weighted by Gasteiger charge is 2.61. The van der Waals surface area contributed by atoms with E-state index in [0.717, 1.165) is 0 Å². The summed E-state index contributed by atoms with van der Waals surface area (Å²) < 4.78 is 17.9. The van der Waals surface area contributed by atoms with Gasteiger partial charge in [0.15, 0.2) is 5.78 Å². The Morgan fingerprint density at radius 1 is 1.07 bits per heavy atom. The SMILES string of the molecule is CC(C)[Si](O[C@H]1C(=O)C(C(=O)OC(C)(C)C)[C@H]1c1ccco1)(C(C)C)C(C)C. The van der Waals surface area contributed by atoms with Crippen LogP contribution in [0.4, 0.5) is 0 Å². The minimum Gasteiger partial charge on any atom is -0.469 e. The number of Topliss-reactive ketones (excluding diaryl/α,β-unsaturated/α-hetero) is 1. The smallest absolute Gasteiger partial charge is 0.317 e. The first-order chi connectivity index (χ1) is 12.8. The van der Waals surface area contributed by atoms with E-state index in [-0.39, 0.29) is 5.78 Å². The molecule has 1 aromatic heterocycles. The summed E-state index contributed by atoms with van der Waals surface area (Å²) in [4.78, 5) is 25.8. The number of ketones is 1. The second kappa shape index (κ2) is 8.15. The van der Waals surface area contributed by atoms with Crippen LogP contribution in [-0.4, -0.2) is 31.8 Å². The highest BCUT2D eigenvalue weighted by Crippen LogP contribution is 2.50. The summed E-state index contributed by atoms with van der Waals surface area (Å²) in [5, 5.41) is 0. The van der Waals surface area contributed by atoms with Crippen molar-refractivity contribution in [1.29, 1.82) is 0 Å². The largest absolute Gasteiger partial charge is 0.469 e. The molecule has 1 fully saturated rings. The average molecular weight is 409 g/mol. The van der Waals surface area contributed by atoms with Crippen molar-refractivity contribution < 1.29 is 23.2 Å². The number of hydrogen-bond acceptors (Lipinski definition) is 5. The van der Waals surface area contributed by atoms with Crippen LogP contribution in [0.3, 0.4) is 0 Å². The molecule has 0 saturated heterocycles. The maximum absolute atomic E-state index is 13.1. The topological polar surface area (TPSA) is 65.7 Å². The van der Waals surface area contributed by atoms with Crippen molar-refractivity contribution >= 4 is 20.1 Å². The van der Waals surface area contributed by atoms with Crippen LogP contribution in [0.5, 0.6) is 0 Å². The molecule has 0 radical (unpaired) electrons. The molecular weight excluding hydrogens is 372 g/mol. The van der Waals surface area contributed by atoms with E-state index in [4.69, 9.17) is 13.6 Å². The maximum atomic E-state index is 13.1. The lowest BCUT2D eigenvalue weighted by atomic mass is 9.68. The Bertz CT molecular complexity index is 663. The molecule has 0 spiro atoms. The minimum absolute atomic E-state index is 0.186. The molecule has 0 N–H and O–H groups in total. The molecule has 1 aromatic rings. The van der Waals surface area contributed by atoms with Gasteiger partial charge in [0.05, 0.1) is 12.2 Å². The lowest BCUT2D eigenvalue weighted by Gasteiger charge is -2.50. The van der Waals surface area contributed by atoms with Gasteiger partial charge in [-0.3, -0.25) is 9.59 Å². The average Bonchev–Trinajstić information content (AvgIpc) is 3.03. The van der Waals surface area contributed by atoms with Crippen LogP contribution in [0.2, 0.25) is 16.6 Å². The van der Waals surface area contributed by atoms with Gasteiger partial charge in [-0.05, 0) is 49.5 Å². The zero-order valence-corrected chi connectivity index (χ0v) is 19.7. The summed E-state index contributed by atoms with van der Waals surface area (Å²) in [5.41, 5.74) is 0.387. The van der Waals surface area contributed by atoms with E-state index < -0.39 is 37.8 Å². The van der Waals surface area contributed by atoms with E-state index in [9.17, 15) is 9.59 Å². The van der Waals surface area contributed by atoms with Crippen LogP contribution >= 0.6 is 0 Å². The third-order valence-corrected chi connectivity index (χ3v) is 11.9. The predicted molar refractivity (Wildman–Crippen MR) is 112 cm³/mol. The first-order valence-electron chi connectivity index (χ1n) is 10.3. The third kappa shape index (κ3) is 4.13. The molecule has 2 rings (SSSR count). The Labute approximate surface area is 170 Å². The van der Waals surface area contributed by atoms with E-state index in [1.165, 1.54) is 0 Å². The Morgan fingerprint density at radius 3 is 2.00 bits per heavy atom. The van der Waals surface area contributed by atoms with Crippen molar-refractivity contribution in [3.8, 4) is 0 Å². The summed E-state index contributed by atoms with van der Waals surface area (Å²) in [6.07, 6.45) is 0.918. The number of carbonyl (C=O) groups is 2. The number of hydrogen-bond donors (Lipinski definition) is 0. The Kier molecular flexibility index (Phi) is 6.66. The van der Waals surface area contributed by atoms with Gasteiger partial charge in [-0.25, -0.2) is 0 Å². The molecule has 1 saturated carbocycles. The molecule has 1 heterocycles. The van der Waals surface area contributed by atoms with Crippen molar-refractivity contribution in [2.45, 2.75) is 96.6 Å². The van der Waals surface area contributed by atoms with Gasteiger partial charge in [0.2, 0.25) is 8.32 Å². The van der Waals surface area contributed by atoms with Gasteiger partial charge in [0.25, 0.3) is 0 Å². The van der Waals surface area contributed by atoms with Crippen LogP contribution < -0.4 is 0 Å². The normalized spacial score (nSPS) is 23.4. The van der Waals surface area contributed by atoms with E-state index in [2.05, 4.69) is 41.5 Å². The summed E-state index contributed by atoms with van der Waals surface area (Å²) >= 11 is 0. The molecule has 6 heteroatoms. The number of rotatable bonds is 7. The molecule has 1 unspecified atom stereocenters. The lowest BCUT2D eigenvalue weighted by molar-refractivity contribution is -0.174. The quantitative estimate of drug-likeness (QED) is 0.340. The number of ether oxygens (including phenoxy) is 1. The Hall–Kier alpha value is -1.40. The van der Waals surface area contributed by atoms with Gasteiger partial charge in [0, 0.05) is 0 Å². The van der Waals surface area contributed by atoms with Gasteiger partial charge in [0.1, 0.15) is 23.4 Å². The highest BCUT2D eigenvalue weighted by atomic mass is 28.4. The number of furan rings is 1. The molecule has 3 atom stereocenters. The fourth-order valence-electron chi connectivity index (χ4n) is 4.77. The molecule has 0 amide bonds. The van der Waals surface area contributed by atoms with Crippen molar-refractivity contribution in [3.63, 3.8) is 0 Å². The number of esters is 1. The van der Waals surface area contributed by atoms with Gasteiger partial charge in [-0.2, -0.15) is 0 Å². The Morgan fingerprint density at radius 2 is 1.61 bits per heavy atom. The second-order valence-electron chi connectivity index (χ2n) is 9.81. The molecular formula is C22H36O5Si. The zero-order valence-electron chi connectivity index (χ0n) is 18.7. The Balaban J connectivity index is 2.38. The zero-order chi connectivity index (χ0) is 21.4. The van der Waals surface area contributed by atoms with Gasteiger partial charge in [-0.1, -0.05) is 41.5 Å². The number of carbonyl (C=O) groups excluding carboxylic acids is 2. The third-order valence-electron chi connectivity index (χ3n) is 5.84. The fourth-order valence-corrected chi connectivity index (χ4v) is 10.3. The second-order valence-corrected chi connectivity index (χ2v) is 15.2. The van der Waals surface area contributed by atoms with Gasteiger partial charge >= 0.3 is 5.97 Å². The summed E-state index contributed by atoms with van der Waals surface area (Å²) in [5.74, 6) is -1.37. The maximum Gasteiger partial charge on any atom is 0.317 e. The van der Waals surface area contributed by atoms with Gasteiger partial charge < -0.3 is 13.6 Å². The molecule has 1 aliphatic carbocycles. The molecule has 28 heavy (non-hydrogen) atoms. The van der Waals surface area contributed by atoms with E-state index in [1.54, 1.807) is 33.1 Å². The van der Waals surface area contributed by atoms with Crippen LogP contribution in [0.1, 0.15) is 74.0 Å². The molecule has 158 valence electrons. The lowest BCUT2D eigenvalue weighted by Crippen LogP contribution is -2.62. The van der Waals surface area contributed by atoms with E-state index >= 15 is 0 Å². The first kappa shape index (κ1) is 22.9. The highest BCUT2D eigenvalue weighted by molar-refractivity contribution is 6.77. The van der Waals surface area contributed by atoms with Crippen molar-refractivity contribution in [1.82, 2.24) is 0 Å². The molecule has 0 aliphatic heterocycles. The van der Waals surface area contributed by atoms with Crippen LogP contribution in [0, 0.1) is 5.92 Å². The summed E-state index contributed by atoms with van der Waals surface area (Å²) in [7, 11) is -2.28. The van der Waals surface area contributed by atoms with Gasteiger partial charge in [-0.15, -0.1) is 0 Å². The van der Waals surface area contributed by atoms with Crippen LogP contribution in [0.15, 0.2) is 22.8 Å². The molecule has 5 nitrogen and oxygen atoms in total. The first-order valence-corrected chi connectivity index (χ1v) is 12.4. The van der Waals surface area contributed by atoms with Crippen LogP contribution in [-0.2, 0) is 18.8 Å². The fraction of sp³-hybridized carbons (Fsp3) is 0.727. The summed E-state index contributed by atoms with van der Waals surface area (Å²) in [6.45, 7) is 18.5. The van der Waals surface area contributed by atoms with Crippen molar-refractivity contribution in [3.05, 3.63) is 24.2 Å². The van der Waals surface area contributed by atoms with Crippen molar-refractivity contribution in [2.75, 3.05) is 0 Å². The minimum atomic E-state index is -2.28. The van der Waals surface area contributed by atoms with Crippen LogP contribution in [0.25, 0.3) is 0 Å². The molecule has 1 aliphatic rings. The molecule has 0 aromatic carbocycles. The van der Waals surface area contributed by atoms with E-state index in [0.29, 0.717) is 22.4 Å². The monoisotopic (exact) mass is 408 g/mol. The van der Waals surface area contributed by atoms with Crippen molar-refractivity contribution in [2.24, 2.45) is 5.92 Å². The molecule has 0 bridgehead atoms. The summed E-state index contributed by atoms with van der Waals surface area (Å²) in [6, 6.07) is 3.59.